The summed E-state index contributed by atoms with van der Waals surface area (Å²) in [5.74, 6) is -1.37. The lowest BCUT2D eigenvalue weighted by Crippen LogP contribution is -2.46. The Morgan fingerprint density at radius 2 is 1.81 bits per heavy atom. The Kier molecular flexibility index (Phi) is 9.18. The van der Waals surface area contributed by atoms with Gasteiger partial charge >= 0.3 is 12.1 Å². The first kappa shape index (κ1) is 32.8. The van der Waals surface area contributed by atoms with Crippen molar-refractivity contribution in [2.45, 2.75) is 37.6 Å². The first-order chi connectivity index (χ1) is 22.4. The van der Waals surface area contributed by atoms with Gasteiger partial charge in [0.2, 0.25) is 17.9 Å². The maximum Gasteiger partial charge on any atom is 0.429 e. The molecule has 1 aromatic heterocycles. The third kappa shape index (κ3) is 7.24. The van der Waals surface area contributed by atoms with E-state index in [9.17, 15) is 27.9 Å². The van der Waals surface area contributed by atoms with Crippen LogP contribution in [-0.4, -0.2) is 89.9 Å². The number of ether oxygens (including phenoxy) is 1. The number of piperidine rings is 1. The van der Waals surface area contributed by atoms with Crippen molar-refractivity contribution >= 4 is 35.2 Å². The lowest BCUT2D eigenvalue weighted by molar-refractivity contribution is -0.198. The van der Waals surface area contributed by atoms with Crippen LogP contribution in [0.4, 0.5) is 24.9 Å². The van der Waals surface area contributed by atoms with E-state index in [0.717, 1.165) is 0 Å². The van der Waals surface area contributed by atoms with Gasteiger partial charge in [0.05, 0.1) is 0 Å². The van der Waals surface area contributed by atoms with E-state index < -0.39 is 24.3 Å². The first-order valence-corrected chi connectivity index (χ1v) is 15.8. The van der Waals surface area contributed by atoms with Gasteiger partial charge in [-0.1, -0.05) is 29.8 Å². The molecule has 1 unspecified atom stereocenters. The largest absolute Gasteiger partial charge is 0.480 e. The number of amides is 1. The van der Waals surface area contributed by atoms with Crippen LogP contribution in [0.1, 0.15) is 41.3 Å². The van der Waals surface area contributed by atoms with E-state index in [1.165, 1.54) is 24.3 Å². The molecule has 1 spiro atoms. The quantitative estimate of drug-likeness (QED) is 0.289. The molecule has 3 aliphatic heterocycles. The number of hydrogen-bond donors (Lipinski definition) is 4. The maximum absolute atomic E-state index is 14.8. The molecule has 3 fully saturated rings. The van der Waals surface area contributed by atoms with Gasteiger partial charge in [-0.2, -0.15) is 23.1 Å². The molecule has 250 valence electrons. The molecule has 2 atom stereocenters. The van der Waals surface area contributed by atoms with E-state index in [4.69, 9.17) is 22.1 Å². The van der Waals surface area contributed by atoms with Crippen molar-refractivity contribution in [2.24, 2.45) is 5.41 Å². The Bertz CT molecular complexity index is 1650. The summed E-state index contributed by atoms with van der Waals surface area (Å²) in [5.41, 5.74) is 6.46. The Labute approximate surface area is 274 Å². The number of nitrogens with zero attached hydrogens (tertiary/aromatic N) is 4. The molecule has 1 amide bonds. The summed E-state index contributed by atoms with van der Waals surface area (Å²) >= 11 is 6.29. The molecule has 6 rings (SSSR count). The Morgan fingerprint density at radius 1 is 1.06 bits per heavy atom. The Morgan fingerprint density at radius 3 is 2.49 bits per heavy atom. The van der Waals surface area contributed by atoms with Crippen LogP contribution in [0.25, 0.3) is 11.1 Å². The molecule has 0 saturated carbocycles. The fourth-order valence-corrected chi connectivity index (χ4v) is 6.81. The van der Waals surface area contributed by atoms with Crippen molar-refractivity contribution in [3.05, 3.63) is 64.7 Å². The molecule has 11 nitrogen and oxygen atoms in total. The zero-order chi connectivity index (χ0) is 33.3. The highest BCUT2D eigenvalue weighted by molar-refractivity contribution is 6.30. The number of carboxylic acids is 1. The van der Waals surface area contributed by atoms with Gasteiger partial charge in [-0.25, -0.2) is 0 Å². The van der Waals surface area contributed by atoms with Crippen molar-refractivity contribution in [1.29, 1.82) is 0 Å². The Hall–Kier alpha value is -4.14. The summed E-state index contributed by atoms with van der Waals surface area (Å²) < 4.78 is 50.0. The zero-order valence-corrected chi connectivity index (χ0v) is 26.2. The van der Waals surface area contributed by atoms with Gasteiger partial charge in [-0.15, -0.1) is 0 Å². The maximum atomic E-state index is 14.8. The third-order valence-corrected chi connectivity index (χ3v) is 9.41. The van der Waals surface area contributed by atoms with Gasteiger partial charge in [-0.05, 0) is 60.1 Å². The SMILES string of the molecule is Nc1nc(O[C@H](c2ccc(Cl)cc2-c2cccc(C(=O)N3CCNCC3)c2)C(F)(F)F)cc(N2CCC3(CC2)CNC(C(=O)O)C3)n1. The van der Waals surface area contributed by atoms with Crippen molar-refractivity contribution in [1.82, 2.24) is 25.5 Å². The molecule has 2 aromatic carbocycles. The number of aromatic nitrogens is 2. The average Bonchev–Trinajstić information content (AvgIpc) is 3.47. The number of nitrogens with one attached hydrogen (secondary N) is 2. The predicted molar refractivity (Wildman–Crippen MR) is 169 cm³/mol. The van der Waals surface area contributed by atoms with Gasteiger partial charge < -0.3 is 36.0 Å². The van der Waals surface area contributed by atoms with Crippen molar-refractivity contribution in [3.63, 3.8) is 0 Å². The Balaban J connectivity index is 1.26. The van der Waals surface area contributed by atoms with Crippen LogP contribution in [0.5, 0.6) is 5.88 Å². The van der Waals surface area contributed by atoms with Crippen LogP contribution < -0.4 is 26.0 Å². The topological polar surface area (TPSA) is 146 Å². The van der Waals surface area contributed by atoms with Crippen LogP contribution >= 0.6 is 11.6 Å². The van der Waals surface area contributed by atoms with E-state index in [1.807, 2.05) is 4.90 Å². The predicted octanol–water partition coefficient (Wildman–Crippen LogP) is 4.14. The van der Waals surface area contributed by atoms with E-state index in [1.54, 1.807) is 29.2 Å². The minimum absolute atomic E-state index is 0.156. The third-order valence-electron chi connectivity index (χ3n) is 9.17. The minimum atomic E-state index is -4.87. The molecule has 3 aliphatic rings. The standard InChI is InChI=1S/C32H35ClF3N7O4/c33-21-4-5-22(23(15-21)19-2-1-3-20(14-19)28(44)43-12-8-38-9-13-43)27(32(34,35)36)47-26-16-25(40-30(37)41-26)42-10-6-31(7-11-42)17-24(29(45)46)39-18-31/h1-5,14-16,24,27,38-39H,6-13,17-18H2,(H,45,46)(H2,37,40,41)/t24?,27-/m1/s1. The van der Waals surface area contributed by atoms with Crippen LogP contribution in [0.15, 0.2) is 48.5 Å². The summed E-state index contributed by atoms with van der Waals surface area (Å²) in [6, 6.07) is 11.2. The summed E-state index contributed by atoms with van der Waals surface area (Å²) in [4.78, 5) is 36.5. The molecule has 4 heterocycles. The summed E-state index contributed by atoms with van der Waals surface area (Å²) in [6.07, 6.45) is -5.45. The lowest BCUT2D eigenvalue weighted by atomic mass is 9.76. The smallest absolute Gasteiger partial charge is 0.429 e. The lowest BCUT2D eigenvalue weighted by Gasteiger charge is -2.39. The number of carboxylic acid groups (broad SMARTS) is 1. The van der Waals surface area contributed by atoms with Crippen molar-refractivity contribution in [3.8, 4) is 17.0 Å². The van der Waals surface area contributed by atoms with Crippen LogP contribution in [0.3, 0.4) is 0 Å². The van der Waals surface area contributed by atoms with Gasteiger partial charge in [0, 0.05) is 68.0 Å². The number of carbonyl (C=O) groups excluding carboxylic acids is 1. The number of aliphatic carboxylic acids is 1. The highest BCUT2D eigenvalue weighted by Crippen LogP contribution is 2.43. The molecule has 5 N–H and O–H groups in total. The number of benzene rings is 2. The molecule has 3 aromatic rings. The van der Waals surface area contributed by atoms with Gasteiger partial charge in [0.1, 0.15) is 11.9 Å². The average molecular weight is 674 g/mol. The molecule has 47 heavy (non-hydrogen) atoms. The number of nitrogen functional groups attached to an aromatic ring is 1. The normalized spacial score (nSPS) is 20.3. The van der Waals surface area contributed by atoms with E-state index in [2.05, 4.69) is 20.6 Å². The molecule has 15 heteroatoms. The number of rotatable bonds is 7. The molecular weight excluding hydrogens is 639 g/mol. The minimum Gasteiger partial charge on any atom is -0.480 e. The molecule has 0 bridgehead atoms. The number of nitrogens with two attached hydrogens (primary N) is 1. The van der Waals surface area contributed by atoms with Crippen LogP contribution in [0, 0.1) is 5.41 Å². The zero-order valence-electron chi connectivity index (χ0n) is 25.4. The fraction of sp³-hybridized carbons (Fsp3) is 0.438. The number of hydrogen-bond acceptors (Lipinski definition) is 9. The van der Waals surface area contributed by atoms with Gasteiger partial charge in [0.15, 0.2) is 0 Å². The second kappa shape index (κ2) is 13.2. The number of carbonyl (C=O) groups is 2. The fourth-order valence-electron chi connectivity index (χ4n) is 6.64. The van der Waals surface area contributed by atoms with Gasteiger partial charge in [-0.3, -0.25) is 9.59 Å². The monoisotopic (exact) mass is 673 g/mol. The molecule has 0 radical (unpaired) electrons. The summed E-state index contributed by atoms with van der Waals surface area (Å²) in [7, 11) is 0. The number of halogens is 4. The second-order valence-corrected chi connectivity index (χ2v) is 12.7. The molecule has 3 saturated heterocycles. The summed E-state index contributed by atoms with van der Waals surface area (Å²) in [6.45, 7) is 3.98. The number of piperazine rings is 1. The van der Waals surface area contributed by atoms with Crippen LogP contribution in [0.2, 0.25) is 5.02 Å². The highest BCUT2D eigenvalue weighted by Gasteiger charge is 2.46. The van der Waals surface area contributed by atoms with Crippen molar-refractivity contribution < 1.29 is 32.6 Å². The number of anilines is 2. The first-order valence-electron chi connectivity index (χ1n) is 15.4. The number of alkyl halides is 3. The van der Waals surface area contributed by atoms with Crippen LogP contribution in [-0.2, 0) is 4.79 Å². The van der Waals surface area contributed by atoms with E-state index in [-0.39, 0.29) is 39.3 Å². The molecular formula is C32H35ClF3N7O4. The molecule has 0 aliphatic carbocycles. The van der Waals surface area contributed by atoms with Gasteiger partial charge in [0.25, 0.3) is 5.91 Å². The van der Waals surface area contributed by atoms with E-state index in [0.29, 0.717) is 82.0 Å². The highest BCUT2D eigenvalue weighted by atomic mass is 35.5. The second-order valence-electron chi connectivity index (χ2n) is 12.3. The van der Waals surface area contributed by atoms with E-state index >= 15 is 0 Å². The van der Waals surface area contributed by atoms with Crippen molar-refractivity contribution in [2.75, 3.05) is 56.4 Å². The summed E-state index contributed by atoms with van der Waals surface area (Å²) in [5, 5.41) is 15.9.